The summed E-state index contributed by atoms with van der Waals surface area (Å²) in [5, 5.41) is 4.99. The number of rotatable bonds is 7. The van der Waals surface area contributed by atoms with E-state index >= 15 is 0 Å². The molecule has 0 aliphatic carbocycles. The van der Waals surface area contributed by atoms with Crippen LogP contribution in [-0.4, -0.2) is 0 Å². The third-order valence-electron chi connectivity index (χ3n) is 9.82. The predicted octanol–water partition coefficient (Wildman–Crippen LogP) is 14.1. The predicted molar refractivity (Wildman–Crippen MR) is 218 cm³/mol. The average molecular weight is 650 g/mol. The maximum Gasteiger partial charge on any atom is 0.0467 e. The molecule has 1 heteroatoms. The van der Waals surface area contributed by atoms with E-state index in [-0.39, 0.29) is 0 Å². The number of benzene rings is 9. The van der Waals surface area contributed by atoms with E-state index in [1.807, 2.05) is 0 Å². The normalized spacial score (nSPS) is 11.1. The van der Waals surface area contributed by atoms with Crippen molar-refractivity contribution in [3.05, 3.63) is 212 Å². The Morgan fingerprint density at radius 2 is 0.725 bits per heavy atom. The van der Waals surface area contributed by atoms with E-state index in [1.165, 1.54) is 66.1 Å². The highest BCUT2D eigenvalue weighted by atomic mass is 15.1. The lowest BCUT2D eigenvalue weighted by molar-refractivity contribution is 1.28. The first-order chi connectivity index (χ1) is 25.3. The maximum absolute atomic E-state index is 2.38. The molecule has 0 saturated carbocycles. The van der Waals surface area contributed by atoms with Crippen LogP contribution in [-0.2, 0) is 0 Å². The van der Waals surface area contributed by atoms with Gasteiger partial charge in [-0.05, 0) is 115 Å². The molecule has 1 nitrogen and oxygen atoms in total. The minimum absolute atomic E-state index is 1.10. The van der Waals surface area contributed by atoms with Crippen molar-refractivity contribution in [3.63, 3.8) is 0 Å². The van der Waals surface area contributed by atoms with Crippen LogP contribution in [0.5, 0.6) is 0 Å². The van der Waals surface area contributed by atoms with Gasteiger partial charge in [0, 0.05) is 17.1 Å². The highest BCUT2D eigenvalue weighted by molar-refractivity contribution is 5.97. The van der Waals surface area contributed by atoms with Crippen molar-refractivity contribution in [1.82, 2.24) is 0 Å². The van der Waals surface area contributed by atoms with Crippen molar-refractivity contribution >= 4 is 38.6 Å². The Kier molecular flexibility index (Phi) is 7.92. The van der Waals surface area contributed by atoms with Gasteiger partial charge in [0.2, 0.25) is 0 Å². The van der Waals surface area contributed by atoms with E-state index in [9.17, 15) is 0 Å². The van der Waals surface area contributed by atoms with Crippen LogP contribution in [0.3, 0.4) is 0 Å². The van der Waals surface area contributed by atoms with Gasteiger partial charge >= 0.3 is 0 Å². The first-order valence-corrected chi connectivity index (χ1v) is 17.5. The Morgan fingerprint density at radius 3 is 1.49 bits per heavy atom. The molecule has 9 rings (SSSR count). The van der Waals surface area contributed by atoms with Crippen LogP contribution in [0, 0.1) is 0 Å². The van der Waals surface area contributed by atoms with Crippen LogP contribution in [0.4, 0.5) is 17.1 Å². The van der Waals surface area contributed by atoms with Crippen LogP contribution < -0.4 is 4.90 Å². The molecule has 51 heavy (non-hydrogen) atoms. The van der Waals surface area contributed by atoms with Crippen molar-refractivity contribution < 1.29 is 0 Å². The van der Waals surface area contributed by atoms with Gasteiger partial charge in [-0.15, -0.1) is 0 Å². The molecular formula is C50H35N. The second kappa shape index (κ2) is 13.3. The molecule has 240 valence electrons. The number of nitrogens with zero attached hydrogens (tertiary/aromatic N) is 1. The minimum Gasteiger partial charge on any atom is -0.310 e. The molecule has 0 aliphatic heterocycles. The fourth-order valence-electron chi connectivity index (χ4n) is 7.24. The number of hydrogen-bond donors (Lipinski definition) is 0. The summed E-state index contributed by atoms with van der Waals surface area (Å²) in [5.41, 5.74) is 12.9. The fraction of sp³-hybridized carbons (Fsp3) is 0. The quantitative estimate of drug-likeness (QED) is 0.166. The third-order valence-corrected chi connectivity index (χ3v) is 9.82. The Balaban J connectivity index is 1.15. The lowest BCUT2D eigenvalue weighted by atomic mass is 9.97. The number of anilines is 3. The Morgan fingerprint density at radius 1 is 0.235 bits per heavy atom. The van der Waals surface area contributed by atoms with Crippen molar-refractivity contribution in [2.24, 2.45) is 0 Å². The van der Waals surface area contributed by atoms with Gasteiger partial charge in [-0.2, -0.15) is 0 Å². The molecule has 0 spiro atoms. The summed E-state index contributed by atoms with van der Waals surface area (Å²) in [4.78, 5) is 2.38. The molecule has 9 aromatic rings. The summed E-state index contributed by atoms with van der Waals surface area (Å²) in [5.74, 6) is 0. The standard InChI is InChI=1S/C50H35N/c1-2-12-36(13-3-1)41-18-8-19-42(32-41)38-28-30-46(31-29-38)51(47-22-9-20-43(34-47)44-27-26-37-14-4-5-16-40(37)33-44)48-23-10-21-45(35-48)50-25-11-17-39-15-6-7-24-49(39)50/h1-35H. The second-order valence-electron chi connectivity index (χ2n) is 13.0. The van der Waals surface area contributed by atoms with Gasteiger partial charge in [-0.1, -0.05) is 164 Å². The maximum atomic E-state index is 2.38. The third kappa shape index (κ3) is 6.07. The van der Waals surface area contributed by atoms with Gasteiger partial charge < -0.3 is 4.90 Å². The smallest absolute Gasteiger partial charge is 0.0467 e. The van der Waals surface area contributed by atoms with E-state index in [0.29, 0.717) is 0 Å². The number of hydrogen-bond acceptors (Lipinski definition) is 1. The first-order valence-electron chi connectivity index (χ1n) is 17.5. The molecule has 9 aromatic carbocycles. The van der Waals surface area contributed by atoms with Crippen LogP contribution in [0.25, 0.3) is 66.1 Å². The van der Waals surface area contributed by atoms with Crippen molar-refractivity contribution in [1.29, 1.82) is 0 Å². The van der Waals surface area contributed by atoms with E-state index in [1.54, 1.807) is 0 Å². The van der Waals surface area contributed by atoms with Crippen LogP contribution in [0.2, 0.25) is 0 Å². The van der Waals surface area contributed by atoms with Gasteiger partial charge in [0.1, 0.15) is 0 Å². The molecule has 0 atom stereocenters. The van der Waals surface area contributed by atoms with Gasteiger partial charge in [0.25, 0.3) is 0 Å². The molecule has 0 bridgehead atoms. The molecule has 0 amide bonds. The Hall–Kier alpha value is -6.70. The lowest BCUT2D eigenvalue weighted by Crippen LogP contribution is -2.10. The van der Waals surface area contributed by atoms with Gasteiger partial charge in [-0.25, -0.2) is 0 Å². The highest BCUT2D eigenvalue weighted by Crippen LogP contribution is 2.40. The lowest BCUT2D eigenvalue weighted by Gasteiger charge is -2.27. The van der Waals surface area contributed by atoms with Gasteiger partial charge in [0.15, 0.2) is 0 Å². The zero-order valence-corrected chi connectivity index (χ0v) is 28.2. The molecule has 0 fully saturated rings. The Labute approximate surface area is 299 Å². The summed E-state index contributed by atoms with van der Waals surface area (Å²) < 4.78 is 0. The molecule has 0 saturated heterocycles. The Bertz CT molecular complexity index is 2630. The highest BCUT2D eigenvalue weighted by Gasteiger charge is 2.16. The molecule has 0 heterocycles. The monoisotopic (exact) mass is 649 g/mol. The van der Waals surface area contributed by atoms with E-state index in [4.69, 9.17) is 0 Å². The SMILES string of the molecule is c1ccc(-c2cccc(-c3ccc(N(c4cccc(-c5ccc6ccccc6c5)c4)c4cccc(-c5cccc6ccccc56)c4)cc3)c2)cc1. The van der Waals surface area contributed by atoms with E-state index in [2.05, 4.69) is 217 Å². The summed E-state index contributed by atoms with van der Waals surface area (Å²) in [6.45, 7) is 0. The zero-order valence-electron chi connectivity index (χ0n) is 28.2. The van der Waals surface area contributed by atoms with E-state index < -0.39 is 0 Å². The van der Waals surface area contributed by atoms with E-state index in [0.717, 1.165) is 17.1 Å². The summed E-state index contributed by atoms with van der Waals surface area (Å²) in [6.07, 6.45) is 0. The van der Waals surface area contributed by atoms with Crippen LogP contribution in [0.15, 0.2) is 212 Å². The first kappa shape index (κ1) is 30.4. The molecule has 0 radical (unpaired) electrons. The summed E-state index contributed by atoms with van der Waals surface area (Å²) in [6, 6.07) is 76.7. The molecule has 0 aromatic heterocycles. The zero-order chi connectivity index (χ0) is 34.0. The van der Waals surface area contributed by atoms with Gasteiger partial charge in [0.05, 0.1) is 0 Å². The van der Waals surface area contributed by atoms with Crippen molar-refractivity contribution in [2.75, 3.05) is 4.90 Å². The number of fused-ring (bicyclic) bond motifs is 2. The van der Waals surface area contributed by atoms with Crippen LogP contribution >= 0.6 is 0 Å². The fourth-order valence-corrected chi connectivity index (χ4v) is 7.24. The largest absolute Gasteiger partial charge is 0.310 e. The molecular weight excluding hydrogens is 615 g/mol. The van der Waals surface area contributed by atoms with Crippen molar-refractivity contribution in [2.45, 2.75) is 0 Å². The summed E-state index contributed by atoms with van der Waals surface area (Å²) in [7, 11) is 0. The molecule has 0 N–H and O–H groups in total. The minimum atomic E-state index is 1.10. The van der Waals surface area contributed by atoms with Gasteiger partial charge in [-0.3, -0.25) is 0 Å². The summed E-state index contributed by atoms with van der Waals surface area (Å²) >= 11 is 0. The molecule has 0 unspecified atom stereocenters. The van der Waals surface area contributed by atoms with Crippen LogP contribution in [0.1, 0.15) is 0 Å². The van der Waals surface area contributed by atoms with Crippen molar-refractivity contribution in [3.8, 4) is 44.5 Å². The second-order valence-corrected chi connectivity index (χ2v) is 13.0. The topological polar surface area (TPSA) is 3.24 Å². The average Bonchev–Trinajstić information content (AvgIpc) is 3.21. The molecule has 0 aliphatic rings.